The van der Waals surface area contributed by atoms with Gasteiger partial charge in [-0.05, 0) is 52.5 Å². The summed E-state index contributed by atoms with van der Waals surface area (Å²) in [5, 5.41) is 5.62. The molecule has 0 aliphatic carbocycles. The highest BCUT2D eigenvalue weighted by Crippen LogP contribution is 2.23. The lowest BCUT2D eigenvalue weighted by Crippen LogP contribution is -2.27. The molecule has 1 aromatic carbocycles. The van der Waals surface area contributed by atoms with Gasteiger partial charge < -0.3 is 10.6 Å². The third kappa shape index (κ3) is 4.89. The molecule has 0 fully saturated rings. The van der Waals surface area contributed by atoms with Crippen molar-refractivity contribution in [2.75, 3.05) is 11.9 Å². The first-order valence-electron chi connectivity index (χ1n) is 7.67. The average molecular weight is 390 g/mol. The van der Waals surface area contributed by atoms with Gasteiger partial charge in [0.25, 0.3) is 11.8 Å². The standard InChI is InChI=1S/C18H20BrN3O2/c1-11(2)8-21-17(23)13-7-14(10-20-9-13)18(24)22-16-5-4-12(3)6-15(16)19/h4-7,9-11H,8H2,1-3H3,(H,21,23)(H,22,24). The topological polar surface area (TPSA) is 71.1 Å². The van der Waals surface area contributed by atoms with Crippen molar-refractivity contribution in [1.82, 2.24) is 10.3 Å². The first kappa shape index (κ1) is 18.1. The molecule has 0 atom stereocenters. The van der Waals surface area contributed by atoms with Crippen LogP contribution in [-0.4, -0.2) is 23.3 Å². The molecule has 126 valence electrons. The SMILES string of the molecule is Cc1ccc(NC(=O)c2cncc(C(=O)NCC(C)C)c2)c(Br)c1. The largest absolute Gasteiger partial charge is 0.352 e. The molecule has 6 heteroatoms. The number of amides is 2. The Kier molecular flexibility index (Phi) is 6.09. The first-order valence-corrected chi connectivity index (χ1v) is 8.47. The van der Waals surface area contributed by atoms with Crippen LogP contribution in [-0.2, 0) is 0 Å². The fourth-order valence-electron chi connectivity index (χ4n) is 2.00. The minimum Gasteiger partial charge on any atom is -0.352 e. The summed E-state index contributed by atoms with van der Waals surface area (Å²) in [5.74, 6) is -0.194. The zero-order valence-electron chi connectivity index (χ0n) is 13.9. The van der Waals surface area contributed by atoms with Gasteiger partial charge in [-0.1, -0.05) is 19.9 Å². The molecular weight excluding hydrogens is 370 g/mol. The molecule has 0 unspecified atom stereocenters. The van der Waals surface area contributed by atoms with Crippen molar-refractivity contribution in [1.29, 1.82) is 0 Å². The van der Waals surface area contributed by atoms with Gasteiger partial charge in [-0.3, -0.25) is 14.6 Å². The highest BCUT2D eigenvalue weighted by Gasteiger charge is 2.13. The van der Waals surface area contributed by atoms with Crippen molar-refractivity contribution in [2.45, 2.75) is 20.8 Å². The van der Waals surface area contributed by atoms with E-state index in [9.17, 15) is 9.59 Å². The van der Waals surface area contributed by atoms with Crippen molar-refractivity contribution in [3.05, 3.63) is 57.8 Å². The summed E-state index contributed by atoms with van der Waals surface area (Å²) in [5.41, 5.74) is 2.46. The number of carbonyl (C=O) groups is 2. The van der Waals surface area contributed by atoms with Gasteiger partial charge in [0, 0.05) is 23.4 Å². The van der Waals surface area contributed by atoms with Gasteiger partial charge in [-0.25, -0.2) is 0 Å². The van der Waals surface area contributed by atoms with Gasteiger partial charge in [0.05, 0.1) is 16.8 Å². The van der Waals surface area contributed by atoms with E-state index in [0.717, 1.165) is 10.0 Å². The summed E-state index contributed by atoms with van der Waals surface area (Å²) < 4.78 is 0.801. The lowest BCUT2D eigenvalue weighted by Gasteiger charge is -2.10. The van der Waals surface area contributed by atoms with E-state index in [1.807, 2.05) is 39.0 Å². The number of carbonyl (C=O) groups excluding carboxylic acids is 2. The number of nitrogens with zero attached hydrogens (tertiary/aromatic N) is 1. The smallest absolute Gasteiger partial charge is 0.257 e. The number of hydrogen-bond acceptors (Lipinski definition) is 3. The summed E-state index contributed by atoms with van der Waals surface area (Å²) in [6.07, 6.45) is 2.89. The molecule has 0 bridgehead atoms. The molecule has 0 saturated heterocycles. The van der Waals surface area contributed by atoms with Crippen LogP contribution in [0.1, 0.15) is 40.1 Å². The van der Waals surface area contributed by atoms with Crippen molar-refractivity contribution in [3.8, 4) is 0 Å². The minimum absolute atomic E-state index is 0.234. The van der Waals surface area contributed by atoms with Crippen LogP contribution in [0.3, 0.4) is 0 Å². The zero-order valence-corrected chi connectivity index (χ0v) is 15.5. The van der Waals surface area contributed by atoms with E-state index in [0.29, 0.717) is 29.3 Å². The Hall–Kier alpha value is -2.21. The Labute approximate surface area is 150 Å². The van der Waals surface area contributed by atoms with E-state index in [-0.39, 0.29) is 11.8 Å². The Balaban J connectivity index is 2.12. The molecule has 0 saturated carbocycles. The molecule has 0 radical (unpaired) electrons. The molecule has 24 heavy (non-hydrogen) atoms. The van der Waals surface area contributed by atoms with Crippen LogP contribution in [0.25, 0.3) is 0 Å². The summed E-state index contributed by atoms with van der Waals surface area (Å²) in [6.45, 7) is 6.58. The van der Waals surface area contributed by atoms with E-state index in [1.54, 1.807) is 6.07 Å². The Morgan fingerprint density at radius 2 is 1.79 bits per heavy atom. The zero-order chi connectivity index (χ0) is 17.7. The number of benzene rings is 1. The van der Waals surface area contributed by atoms with E-state index in [2.05, 4.69) is 31.5 Å². The number of aryl methyl sites for hydroxylation is 1. The highest BCUT2D eigenvalue weighted by molar-refractivity contribution is 9.10. The van der Waals surface area contributed by atoms with Gasteiger partial charge in [0.15, 0.2) is 0 Å². The third-order valence-electron chi connectivity index (χ3n) is 3.31. The Bertz CT molecular complexity index is 760. The van der Waals surface area contributed by atoms with Gasteiger partial charge in [-0.2, -0.15) is 0 Å². The quantitative estimate of drug-likeness (QED) is 0.816. The number of hydrogen-bond donors (Lipinski definition) is 2. The lowest BCUT2D eigenvalue weighted by atomic mass is 10.1. The molecule has 0 aliphatic heterocycles. The fourth-order valence-corrected chi connectivity index (χ4v) is 2.60. The van der Waals surface area contributed by atoms with Crippen LogP contribution in [0.5, 0.6) is 0 Å². The van der Waals surface area contributed by atoms with E-state index < -0.39 is 0 Å². The monoisotopic (exact) mass is 389 g/mol. The maximum Gasteiger partial charge on any atom is 0.257 e. The predicted octanol–water partition coefficient (Wildman–Crippen LogP) is 3.79. The number of anilines is 1. The van der Waals surface area contributed by atoms with Crippen molar-refractivity contribution in [3.63, 3.8) is 0 Å². The second kappa shape index (κ2) is 8.06. The number of halogens is 1. The number of pyridine rings is 1. The molecule has 0 aliphatic rings. The molecule has 2 amide bonds. The number of aromatic nitrogens is 1. The van der Waals surface area contributed by atoms with E-state index >= 15 is 0 Å². The van der Waals surface area contributed by atoms with Crippen LogP contribution >= 0.6 is 15.9 Å². The van der Waals surface area contributed by atoms with Crippen molar-refractivity contribution >= 4 is 33.4 Å². The van der Waals surface area contributed by atoms with E-state index in [4.69, 9.17) is 0 Å². The lowest BCUT2D eigenvalue weighted by molar-refractivity contribution is 0.0948. The van der Waals surface area contributed by atoms with Crippen molar-refractivity contribution in [2.24, 2.45) is 5.92 Å². The van der Waals surface area contributed by atoms with Gasteiger partial charge in [0.2, 0.25) is 0 Å². The summed E-state index contributed by atoms with van der Waals surface area (Å²) in [4.78, 5) is 28.5. The molecule has 1 heterocycles. The molecule has 2 N–H and O–H groups in total. The minimum atomic E-state index is -0.314. The summed E-state index contributed by atoms with van der Waals surface area (Å²) in [6, 6.07) is 7.20. The normalized spacial score (nSPS) is 10.5. The van der Waals surface area contributed by atoms with Crippen LogP contribution in [0.4, 0.5) is 5.69 Å². The van der Waals surface area contributed by atoms with Crippen LogP contribution in [0.15, 0.2) is 41.1 Å². The van der Waals surface area contributed by atoms with Crippen LogP contribution in [0, 0.1) is 12.8 Å². The van der Waals surface area contributed by atoms with Crippen LogP contribution in [0.2, 0.25) is 0 Å². The highest BCUT2D eigenvalue weighted by atomic mass is 79.9. The molecule has 0 spiro atoms. The fraction of sp³-hybridized carbons (Fsp3) is 0.278. The Morgan fingerprint density at radius 3 is 2.42 bits per heavy atom. The maximum atomic E-state index is 12.4. The van der Waals surface area contributed by atoms with Gasteiger partial charge >= 0.3 is 0 Å². The molecule has 2 rings (SSSR count). The molecular formula is C18H20BrN3O2. The maximum absolute atomic E-state index is 12.4. The average Bonchev–Trinajstić information content (AvgIpc) is 2.55. The molecule has 5 nitrogen and oxygen atoms in total. The predicted molar refractivity (Wildman–Crippen MR) is 98.2 cm³/mol. The first-order chi connectivity index (χ1) is 11.4. The molecule has 2 aromatic rings. The second-order valence-corrected chi connectivity index (χ2v) is 6.86. The molecule has 1 aromatic heterocycles. The summed E-state index contributed by atoms with van der Waals surface area (Å²) in [7, 11) is 0. The van der Waals surface area contributed by atoms with Gasteiger partial charge in [-0.15, -0.1) is 0 Å². The number of rotatable bonds is 5. The summed E-state index contributed by atoms with van der Waals surface area (Å²) >= 11 is 3.43. The second-order valence-electron chi connectivity index (χ2n) is 6.00. The van der Waals surface area contributed by atoms with E-state index in [1.165, 1.54) is 12.4 Å². The Morgan fingerprint density at radius 1 is 1.12 bits per heavy atom. The van der Waals surface area contributed by atoms with Crippen LogP contribution < -0.4 is 10.6 Å². The third-order valence-corrected chi connectivity index (χ3v) is 3.96. The number of nitrogens with one attached hydrogen (secondary N) is 2. The van der Waals surface area contributed by atoms with Crippen molar-refractivity contribution < 1.29 is 9.59 Å². The van der Waals surface area contributed by atoms with Gasteiger partial charge in [0.1, 0.15) is 0 Å².